The van der Waals surface area contributed by atoms with Crippen molar-refractivity contribution >= 4 is 0 Å². The summed E-state index contributed by atoms with van der Waals surface area (Å²) in [6.45, 7) is 4.43. The number of aryl methyl sites for hydroxylation is 2. The van der Waals surface area contributed by atoms with Gasteiger partial charge in [0.1, 0.15) is 0 Å². The van der Waals surface area contributed by atoms with Gasteiger partial charge in [0.2, 0.25) is 0 Å². The van der Waals surface area contributed by atoms with Crippen LogP contribution in [0.3, 0.4) is 0 Å². The molecule has 2 aromatic rings. The third-order valence-electron chi connectivity index (χ3n) is 3.40. The summed E-state index contributed by atoms with van der Waals surface area (Å²) >= 11 is 0. The second-order valence-corrected chi connectivity index (χ2v) is 4.69. The van der Waals surface area contributed by atoms with Gasteiger partial charge in [0, 0.05) is 12.7 Å². The van der Waals surface area contributed by atoms with E-state index in [0.29, 0.717) is 0 Å². The van der Waals surface area contributed by atoms with Crippen molar-refractivity contribution in [1.82, 2.24) is 4.57 Å². The molecular formula is C16H21N. The Morgan fingerprint density at radius 2 is 1.82 bits per heavy atom. The Hall–Kier alpha value is -1.50. The van der Waals surface area contributed by atoms with Crippen LogP contribution in [0.5, 0.6) is 0 Å². The lowest BCUT2D eigenvalue weighted by Crippen LogP contribution is -1.95. The fourth-order valence-corrected chi connectivity index (χ4v) is 2.34. The SMILES string of the molecule is CCCCc1cc(C)n(C)c1-c1ccccc1. The summed E-state index contributed by atoms with van der Waals surface area (Å²) in [5.41, 5.74) is 5.54. The third kappa shape index (κ3) is 2.44. The average Bonchev–Trinajstić information content (AvgIpc) is 2.64. The zero-order valence-corrected chi connectivity index (χ0v) is 11.0. The standard InChI is InChI=1S/C16H21N/c1-4-5-9-15-12-13(2)17(3)16(15)14-10-7-6-8-11-14/h6-8,10-12H,4-5,9H2,1-3H3. The molecule has 0 amide bonds. The molecule has 0 unspecified atom stereocenters. The number of aromatic nitrogens is 1. The van der Waals surface area contributed by atoms with Crippen molar-refractivity contribution in [3.8, 4) is 11.3 Å². The Balaban J connectivity index is 2.44. The number of hydrogen-bond donors (Lipinski definition) is 0. The van der Waals surface area contributed by atoms with E-state index in [2.05, 4.69) is 61.9 Å². The van der Waals surface area contributed by atoms with Crippen molar-refractivity contribution in [2.45, 2.75) is 33.1 Å². The fraction of sp³-hybridized carbons (Fsp3) is 0.375. The van der Waals surface area contributed by atoms with Crippen LogP contribution in [0.1, 0.15) is 31.0 Å². The maximum Gasteiger partial charge on any atom is 0.0512 e. The molecule has 17 heavy (non-hydrogen) atoms. The number of rotatable bonds is 4. The summed E-state index contributed by atoms with van der Waals surface area (Å²) in [5, 5.41) is 0. The molecule has 0 N–H and O–H groups in total. The van der Waals surface area contributed by atoms with Gasteiger partial charge in [0.15, 0.2) is 0 Å². The second kappa shape index (κ2) is 5.22. The average molecular weight is 227 g/mol. The predicted octanol–water partition coefficient (Wildman–Crippen LogP) is 4.34. The fourth-order valence-electron chi connectivity index (χ4n) is 2.34. The molecule has 2 rings (SSSR count). The van der Waals surface area contributed by atoms with Crippen molar-refractivity contribution in [2.75, 3.05) is 0 Å². The molecule has 1 heterocycles. The van der Waals surface area contributed by atoms with Crippen molar-refractivity contribution in [3.63, 3.8) is 0 Å². The summed E-state index contributed by atoms with van der Waals surface area (Å²) in [6, 6.07) is 13.0. The van der Waals surface area contributed by atoms with Gasteiger partial charge in [-0.3, -0.25) is 0 Å². The van der Waals surface area contributed by atoms with Gasteiger partial charge in [-0.1, -0.05) is 43.7 Å². The van der Waals surface area contributed by atoms with Gasteiger partial charge in [0.25, 0.3) is 0 Å². The van der Waals surface area contributed by atoms with Gasteiger partial charge in [-0.25, -0.2) is 0 Å². The first kappa shape index (κ1) is 12.0. The molecule has 0 saturated carbocycles. The summed E-state index contributed by atoms with van der Waals surface area (Å²) in [4.78, 5) is 0. The van der Waals surface area contributed by atoms with E-state index in [4.69, 9.17) is 0 Å². The summed E-state index contributed by atoms with van der Waals surface area (Å²) in [6.07, 6.45) is 3.70. The Morgan fingerprint density at radius 3 is 2.47 bits per heavy atom. The molecule has 90 valence electrons. The molecular weight excluding hydrogens is 206 g/mol. The largest absolute Gasteiger partial charge is 0.348 e. The minimum atomic E-state index is 1.18. The quantitative estimate of drug-likeness (QED) is 0.732. The normalized spacial score (nSPS) is 10.8. The molecule has 0 atom stereocenters. The van der Waals surface area contributed by atoms with E-state index in [1.165, 1.54) is 41.8 Å². The van der Waals surface area contributed by atoms with E-state index >= 15 is 0 Å². The molecule has 1 nitrogen and oxygen atoms in total. The zero-order valence-electron chi connectivity index (χ0n) is 11.0. The van der Waals surface area contributed by atoms with Crippen LogP contribution in [0.4, 0.5) is 0 Å². The highest BCUT2D eigenvalue weighted by atomic mass is 15.0. The molecule has 0 saturated heterocycles. The zero-order chi connectivity index (χ0) is 12.3. The van der Waals surface area contributed by atoms with Crippen molar-refractivity contribution in [3.05, 3.63) is 47.7 Å². The molecule has 0 spiro atoms. The van der Waals surface area contributed by atoms with Crippen LogP contribution < -0.4 is 0 Å². The van der Waals surface area contributed by atoms with Gasteiger partial charge in [-0.15, -0.1) is 0 Å². The van der Waals surface area contributed by atoms with Crippen LogP contribution in [-0.4, -0.2) is 4.57 Å². The Bertz CT molecular complexity index is 480. The van der Waals surface area contributed by atoms with Gasteiger partial charge in [-0.2, -0.15) is 0 Å². The Morgan fingerprint density at radius 1 is 1.12 bits per heavy atom. The van der Waals surface area contributed by atoms with E-state index in [9.17, 15) is 0 Å². The summed E-state index contributed by atoms with van der Waals surface area (Å²) in [5.74, 6) is 0. The molecule has 1 aromatic heterocycles. The lowest BCUT2D eigenvalue weighted by Gasteiger charge is -2.08. The van der Waals surface area contributed by atoms with E-state index in [1.807, 2.05) is 0 Å². The van der Waals surface area contributed by atoms with Crippen LogP contribution in [0.25, 0.3) is 11.3 Å². The van der Waals surface area contributed by atoms with E-state index in [-0.39, 0.29) is 0 Å². The first-order valence-corrected chi connectivity index (χ1v) is 6.44. The number of nitrogens with zero attached hydrogens (tertiary/aromatic N) is 1. The summed E-state index contributed by atoms with van der Waals surface area (Å²) < 4.78 is 2.31. The maximum atomic E-state index is 2.33. The highest BCUT2D eigenvalue weighted by Crippen LogP contribution is 2.27. The molecule has 1 heteroatoms. The second-order valence-electron chi connectivity index (χ2n) is 4.69. The van der Waals surface area contributed by atoms with E-state index in [0.717, 1.165) is 0 Å². The minimum absolute atomic E-state index is 1.18. The first-order chi connectivity index (χ1) is 8.24. The molecule has 0 radical (unpaired) electrons. The van der Waals surface area contributed by atoms with E-state index in [1.54, 1.807) is 0 Å². The number of unbranched alkanes of at least 4 members (excludes halogenated alkanes) is 1. The molecule has 0 bridgehead atoms. The Labute approximate surface area is 104 Å². The lowest BCUT2D eigenvalue weighted by atomic mass is 10.0. The van der Waals surface area contributed by atoms with Gasteiger partial charge < -0.3 is 4.57 Å². The van der Waals surface area contributed by atoms with Crippen molar-refractivity contribution in [2.24, 2.45) is 7.05 Å². The molecule has 0 aliphatic carbocycles. The first-order valence-electron chi connectivity index (χ1n) is 6.44. The van der Waals surface area contributed by atoms with Crippen LogP contribution in [0.15, 0.2) is 36.4 Å². The number of benzene rings is 1. The third-order valence-corrected chi connectivity index (χ3v) is 3.40. The predicted molar refractivity (Wildman–Crippen MR) is 74.2 cm³/mol. The minimum Gasteiger partial charge on any atom is -0.348 e. The van der Waals surface area contributed by atoms with Crippen LogP contribution in [0, 0.1) is 6.92 Å². The van der Waals surface area contributed by atoms with Crippen LogP contribution >= 0.6 is 0 Å². The molecule has 1 aromatic carbocycles. The van der Waals surface area contributed by atoms with Gasteiger partial charge in [-0.05, 0) is 37.0 Å². The van der Waals surface area contributed by atoms with Gasteiger partial charge >= 0.3 is 0 Å². The van der Waals surface area contributed by atoms with Crippen LogP contribution in [0.2, 0.25) is 0 Å². The van der Waals surface area contributed by atoms with Crippen molar-refractivity contribution in [1.29, 1.82) is 0 Å². The highest BCUT2D eigenvalue weighted by molar-refractivity contribution is 5.65. The van der Waals surface area contributed by atoms with Crippen LogP contribution in [-0.2, 0) is 13.5 Å². The number of hydrogen-bond acceptors (Lipinski definition) is 0. The molecule has 0 aliphatic heterocycles. The lowest BCUT2D eigenvalue weighted by molar-refractivity contribution is 0.793. The monoisotopic (exact) mass is 227 g/mol. The summed E-state index contributed by atoms with van der Waals surface area (Å²) in [7, 11) is 2.16. The smallest absolute Gasteiger partial charge is 0.0512 e. The van der Waals surface area contributed by atoms with E-state index < -0.39 is 0 Å². The highest BCUT2D eigenvalue weighted by Gasteiger charge is 2.11. The molecule has 0 aliphatic rings. The topological polar surface area (TPSA) is 4.93 Å². The Kier molecular flexibility index (Phi) is 3.68. The van der Waals surface area contributed by atoms with Gasteiger partial charge in [0.05, 0.1) is 5.69 Å². The maximum absolute atomic E-state index is 2.33. The molecule has 0 fully saturated rings. The van der Waals surface area contributed by atoms with Crippen molar-refractivity contribution < 1.29 is 0 Å².